The highest BCUT2D eigenvalue weighted by molar-refractivity contribution is 9.10. The lowest BCUT2D eigenvalue weighted by Gasteiger charge is -2.22. The molecule has 2 saturated carbocycles. The lowest BCUT2D eigenvalue weighted by molar-refractivity contribution is 0.490. The van der Waals surface area contributed by atoms with Crippen LogP contribution in [0.4, 0.5) is 0 Å². The third-order valence-corrected chi connectivity index (χ3v) is 4.14. The summed E-state index contributed by atoms with van der Waals surface area (Å²) in [6.07, 6.45) is 4.77. The van der Waals surface area contributed by atoms with Gasteiger partial charge in [0.1, 0.15) is 4.60 Å². The molecule has 0 saturated heterocycles. The molecular weight excluding hydrogens is 240 g/mol. The van der Waals surface area contributed by atoms with Gasteiger partial charge in [-0.15, -0.1) is 0 Å². The Morgan fingerprint density at radius 3 is 2.43 bits per heavy atom. The molecule has 0 aromatic carbocycles. The molecule has 0 unspecified atom stereocenters. The molecule has 2 fully saturated rings. The second kappa shape index (κ2) is 2.58. The van der Waals surface area contributed by atoms with Crippen LogP contribution in [0.5, 0.6) is 0 Å². The SMILES string of the molecule is NC1(C2(c3cccc(Br)n3)CC2)CC1. The normalized spacial score (nSPS) is 25.9. The first-order valence-corrected chi connectivity index (χ1v) is 5.88. The molecule has 0 amide bonds. The summed E-state index contributed by atoms with van der Waals surface area (Å²) in [7, 11) is 0. The summed E-state index contributed by atoms with van der Waals surface area (Å²) in [5, 5.41) is 0. The zero-order chi connectivity index (χ0) is 9.81. The van der Waals surface area contributed by atoms with Crippen LogP contribution in [0.25, 0.3) is 0 Å². The van der Waals surface area contributed by atoms with Gasteiger partial charge in [0, 0.05) is 16.6 Å². The number of nitrogens with zero attached hydrogens (tertiary/aromatic N) is 1. The summed E-state index contributed by atoms with van der Waals surface area (Å²) < 4.78 is 0.922. The van der Waals surface area contributed by atoms with E-state index in [1.165, 1.54) is 31.4 Å². The largest absolute Gasteiger partial charge is 0.324 e. The van der Waals surface area contributed by atoms with Crippen molar-refractivity contribution in [1.29, 1.82) is 0 Å². The molecule has 1 heterocycles. The van der Waals surface area contributed by atoms with Gasteiger partial charge in [0.25, 0.3) is 0 Å². The Bertz CT molecular complexity index is 381. The van der Waals surface area contributed by atoms with Crippen LogP contribution in [0.1, 0.15) is 31.4 Å². The second-order valence-corrected chi connectivity index (χ2v) is 5.40. The quantitative estimate of drug-likeness (QED) is 0.822. The maximum atomic E-state index is 6.31. The van der Waals surface area contributed by atoms with E-state index in [-0.39, 0.29) is 11.0 Å². The van der Waals surface area contributed by atoms with E-state index in [4.69, 9.17) is 5.73 Å². The standard InChI is InChI=1S/C11H13BrN2/c12-9-3-1-2-8(14-9)10(4-5-10)11(13)6-7-11/h1-3H,4-7,13H2. The molecular formula is C11H13BrN2. The fourth-order valence-corrected chi connectivity index (χ4v) is 2.77. The van der Waals surface area contributed by atoms with Gasteiger partial charge in [-0.25, -0.2) is 4.98 Å². The Morgan fingerprint density at radius 2 is 1.93 bits per heavy atom. The van der Waals surface area contributed by atoms with E-state index in [2.05, 4.69) is 33.0 Å². The van der Waals surface area contributed by atoms with Crippen molar-refractivity contribution in [1.82, 2.24) is 4.98 Å². The topological polar surface area (TPSA) is 38.9 Å². The third-order valence-electron chi connectivity index (χ3n) is 3.70. The molecule has 2 N–H and O–H groups in total. The van der Waals surface area contributed by atoms with Crippen molar-refractivity contribution in [3.8, 4) is 0 Å². The summed E-state index contributed by atoms with van der Waals surface area (Å²) in [4.78, 5) is 4.55. The van der Waals surface area contributed by atoms with Crippen molar-refractivity contribution in [3.05, 3.63) is 28.5 Å². The number of halogens is 1. The molecule has 1 aromatic heterocycles. The van der Waals surface area contributed by atoms with Crippen molar-refractivity contribution in [3.63, 3.8) is 0 Å². The molecule has 0 spiro atoms. The van der Waals surface area contributed by atoms with Crippen LogP contribution in [0.15, 0.2) is 22.8 Å². The molecule has 1 aromatic rings. The van der Waals surface area contributed by atoms with E-state index in [0.717, 1.165) is 4.60 Å². The highest BCUT2D eigenvalue weighted by Crippen LogP contribution is 2.63. The molecule has 14 heavy (non-hydrogen) atoms. The third kappa shape index (κ3) is 1.09. The minimum Gasteiger partial charge on any atom is -0.324 e. The van der Waals surface area contributed by atoms with Crippen molar-refractivity contribution in [2.24, 2.45) is 5.73 Å². The van der Waals surface area contributed by atoms with Crippen LogP contribution >= 0.6 is 15.9 Å². The van der Waals surface area contributed by atoms with Crippen LogP contribution in [0.3, 0.4) is 0 Å². The average Bonchev–Trinajstić information content (AvgIpc) is 2.98. The van der Waals surface area contributed by atoms with E-state index in [1.54, 1.807) is 0 Å². The molecule has 0 radical (unpaired) electrons. The van der Waals surface area contributed by atoms with E-state index < -0.39 is 0 Å². The van der Waals surface area contributed by atoms with E-state index >= 15 is 0 Å². The molecule has 2 nitrogen and oxygen atoms in total. The molecule has 74 valence electrons. The van der Waals surface area contributed by atoms with E-state index in [9.17, 15) is 0 Å². The van der Waals surface area contributed by atoms with E-state index in [1.807, 2.05) is 6.07 Å². The lowest BCUT2D eigenvalue weighted by Crippen LogP contribution is -2.37. The number of hydrogen-bond donors (Lipinski definition) is 1. The Balaban J connectivity index is 2.02. The van der Waals surface area contributed by atoms with Crippen LogP contribution in [0, 0.1) is 0 Å². The molecule has 3 rings (SSSR count). The van der Waals surface area contributed by atoms with E-state index in [0.29, 0.717) is 0 Å². The highest BCUT2D eigenvalue weighted by Gasteiger charge is 2.64. The predicted molar refractivity (Wildman–Crippen MR) is 59.0 cm³/mol. The average molecular weight is 253 g/mol. The van der Waals surface area contributed by atoms with Gasteiger partial charge in [0.15, 0.2) is 0 Å². The number of pyridine rings is 1. The lowest BCUT2D eigenvalue weighted by atomic mass is 9.90. The Hall–Kier alpha value is -0.410. The fraction of sp³-hybridized carbons (Fsp3) is 0.545. The van der Waals surface area contributed by atoms with Crippen LogP contribution in [-0.4, -0.2) is 10.5 Å². The van der Waals surface area contributed by atoms with Gasteiger partial charge < -0.3 is 5.73 Å². The molecule has 2 aliphatic rings. The van der Waals surface area contributed by atoms with Gasteiger partial charge in [-0.05, 0) is 53.7 Å². The number of aromatic nitrogens is 1. The molecule has 0 bridgehead atoms. The number of hydrogen-bond acceptors (Lipinski definition) is 2. The molecule has 0 atom stereocenters. The smallest absolute Gasteiger partial charge is 0.106 e. The summed E-state index contributed by atoms with van der Waals surface area (Å²) >= 11 is 3.42. The van der Waals surface area contributed by atoms with Crippen molar-refractivity contribution in [2.45, 2.75) is 36.6 Å². The zero-order valence-electron chi connectivity index (χ0n) is 7.96. The van der Waals surface area contributed by atoms with Crippen molar-refractivity contribution >= 4 is 15.9 Å². The number of nitrogens with two attached hydrogens (primary N) is 1. The zero-order valence-corrected chi connectivity index (χ0v) is 9.55. The summed E-state index contributed by atoms with van der Waals surface area (Å²) in [5.41, 5.74) is 7.79. The summed E-state index contributed by atoms with van der Waals surface area (Å²) in [6, 6.07) is 6.14. The number of rotatable bonds is 2. The van der Waals surface area contributed by atoms with Gasteiger partial charge in [-0.2, -0.15) is 0 Å². The van der Waals surface area contributed by atoms with Crippen molar-refractivity contribution < 1.29 is 0 Å². The van der Waals surface area contributed by atoms with Gasteiger partial charge in [0.2, 0.25) is 0 Å². The summed E-state index contributed by atoms with van der Waals surface area (Å²) in [5.74, 6) is 0. The van der Waals surface area contributed by atoms with Gasteiger partial charge in [-0.1, -0.05) is 6.07 Å². The van der Waals surface area contributed by atoms with Crippen LogP contribution in [0.2, 0.25) is 0 Å². The first-order chi connectivity index (χ1) is 6.66. The molecule has 2 aliphatic carbocycles. The first kappa shape index (κ1) is 8.86. The predicted octanol–water partition coefficient (Wildman–Crippen LogP) is 2.37. The molecule has 0 aliphatic heterocycles. The van der Waals surface area contributed by atoms with Gasteiger partial charge in [0.05, 0.1) is 0 Å². The minimum absolute atomic E-state index is 0.0702. The highest BCUT2D eigenvalue weighted by atomic mass is 79.9. The Kier molecular flexibility index (Phi) is 1.63. The van der Waals surface area contributed by atoms with Crippen LogP contribution < -0.4 is 5.73 Å². The Morgan fingerprint density at radius 1 is 1.21 bits per heavy atom. The Labute approximate surface area is 92.0 Å². The van der Waals surface area contributed by atoms with Gasteiger partial charge in [-0.3, -0.25) is 0 Å². The fourth-order valence-electron chi connectivity index (χ4n) is 2.42. The maximum absolute atomic E-state index is 6.31. The first-order valence-electron chi connectivity index (χ1n) is 5.08. The molecule has 3 heteroatoms. The van der Waals surface area contributed by atoms with Crippen LogP contribution in [-0.2, 0) is 5.41 Å². The van der Waals surface area contributed by atoms with Crippen molar-refractivity contribution in [2.75, 3.05) is 0 Å². The second-order valence-electron chi connectivity index (χ2n) is 4.58. The minimum atomic E-state index is 0.0702. The van der Waals surface area contributed by atoms with Gasteiger partial charge >= 0.3 is 0 Å². The summed E-state index contributed by atoms with van der Waals surface area (Å²) in [6.45, 7) is 0. The maximum Gasteiger partial charge on any atom is 0.106 e. The monoisotopic (exact) mass is 252 g/mol.